The van der Waals surface area contributed by atoms with Crippen LogP contribution in [0.15, 0.2) is 35.2 Å². The number of likely N-dealkylation sites (N-methyl/N-ethyl adjacent to an activating group) is 1. The van der Waals surface area contributed by atoms with Crippen LogP contribution in [0.2, 0.25) is 0 Å². The zero-order valence-corrected chi connectivity index (χ0v) is 18.1. The Hall–Kier alpha value is -1.71. The zero-order valence-electron chi connectivity index (χ0n) is 15.7. The fraction of sp³-hybridized carbons (Fsp3) is 0.421. The quantitative estimate of drug-likeness (QED) is 0.519. The molecule has 0 bridgehead atoms. The zero-order chi connectivity index (χ0) is 20.5. The van der Waals surface area contributed by atoms with Gasteiger partial charge in [0.15, 0.2) is 9.84 Å². The van der Waals surface area contributed by atoms with Gasteiger partial charge in [-0.2, -0.15) is 0 Å². The van der Waals surface area contributed by atoms with Crippen LogP contribution in [0.1, 0.15) is 25.8 Å². The van der Waals surface area contributed by atoms with Gasteiger partial charge < -0.3 is 4.90 Å². The summed E-state index contributed by atoms with van der Waals surface area (Å²) in [5.74, 6) is -0.501. The minimum Gasteiger partial charge on any atom is -0.337 e. The second-order valence-corrected chi connectivity index (χ2v) is 10.7. The molecule has 3 rings (SSSR count). The van der Waals surface area contributed by atoms with Crippen molar-refractivity contribution in [2.24, 2.45) is 0 Å². The van der Waals surface area contributed by atoms with Crippen molar-refractivity contribution in [3.63, 3.8) is 0 Å². The monoisotopic (exact) mass is 438 g/mol. The van der Waals surface area contributed by atoms with Gasteiger partial charge in [0, 0.05) is 12.6 Å². The summed E-state index contributed by atoms with van der Waals surface area (Å²) in [7, 11) is -3.11. The number of sulfone groups is 1. The average Bonchev–Trinajstić information content (AvgIpc) is 3.14. The maximum Gasteiger partial charge on any atom is 0.266 e. The van der Waals surface area contributed by atoms with Gasteiger partial charge in [0.1, 0.15) is 10.4 Å². The molecule has 1 aromatic rings. The van der Waals surface area contributed by atoms with E-state index in [4.69, 9.17) is 12.2 Å². The van der Waals surface area contributed by atoms with Gasteiger partial charge >= 0.3 is 0 Å². The van der Waals surface area contributed by atoms with Crippen LogP contribution in [-0.2, 0) is 19.4 Å². The molecule has 28 heavy (non-hydrogen) atoms. The molecule has 2 aliphatic rings. The molecule has 2 amide bonds. The number of carbonyl (C=O) groups is 2. The predicted molar refractivity (Wildman–Crippen MR) is 115 cm³/mol. The van der Waals surface area contributed by atoms with Gasteiger partial charge in [0.2, 0.25) is 5.91 Å². The van der Waals surface area contributed by atoms with Crippen molar-refractivity contribution in [1.82, 2.24) is 9.80 Å². The maximum absolute atomic E-state index is 13.1. The van der Waals surface area contributed by atoms with E-state index in [1.165, 1.54) is 16.7 Å². The highest BCUT2D eigenvalue weighted by molar-refractivity contribution is 8.26. The molecule has 0 radical (unpaired) electrons. The summed E-state index contributed by atoms with van der Waals surface area (Å²) < 4.78 is 23.9. The van der Waals surface area contributed by atoms with Crippen LogP contribution in [0.5, 0.6) is 0 Å². The highest BCUT2D eigenvalue weighted by Gasteiger charge is 2.42. The first-order valence-electron chi connectivity index (χ1n) is 9.06. The van der Waals surface area contributed by atoms with E-state index in [-0.39, 0.29) is 29.4 Å². The lowest BCUT2D eigenvalue weighted by molar-refractivity contribution is -0.140. The number of benzene rings is 1. The van der Waals surface area contributed by atoms with Gasteiger partial charge in [-0.3, -0.25) is 14.5 Å². The highest BCUT2D eigenvalue weighted by Crippen LogP contribution is 2.34. The number of amides is 2. The standard InChI is InChI=1S/C19H22N2O4S3/c1-3-20(15-9-10-28(24,25)12-15)17(22)13(2)21-18(23)16(27-19(21)26)11-14-7-5-4-6-8-14/h4-8,11,13,15H,3,9-10,12H2,1-2H3/b16-11+/t13-,15-/m0/s1. The summed E-state index contributed by atoms with van der Waals surface area (Å²) >= 11 is 6.54. The maximum atomic E-state index is 13.1. The van der Waals surface area contributed by atoms with Crippen LogP contribution in [0.3, 0.4) is 0 Å². The molecule has 2 heterocycles. The Morgan fingerprint density at radius 1 is 1.39 bits per heavy atom. The summed E-state index contributed by atoms with van der Waals surface area (Å²) in [6.45, 7) is 3.85. The molecule has 2 aliphatic heterocycles. The molecule has 0 spiro atoms. The molecule has 0 unspecified atom stereocenters. The molecule has 9 heteroatoms. The Bertz CT molecular complexity index is 928. The summed E-state index contributed by atoms with van der Waals surface area (Å²) in [5, 5.41) is 0. The normalized spacial score (nSPS) is 24.0. The van der Waals surface area contributed by atoms with Crippen molar-refractivity contribution < 1.29 is 18.0 Å². The number of hydrogen-bond donors (Lipinski definition) is 0. The van der Waals surface area contributed by atoms with E-state index >= 15 is 0 Å². The molecular weight excluding hydrogens is 416 g/mol. The van der Waals surface area contributed by atoms with Crippen LogP contribution in [0.25, 0.3) is 6.08 Å². The van der Waals surface area contributed by atoms with Gasteiger partial charge in [0.05, 0.1) is 16.4 Å². The van der Waals surface area contributed by atoms with Gasteiger partial charge in [-0.25, -0.2) is 8.42 Å². The molecular formula is C19H22N2O4S3. The Morgan fingerprint density at radius 2 is 2.07 bits per heavy atom. The molecule has 0 aromatic heterocycles. The van der Waals surface area contributed by atoms with Crippen molar-refractivity contribution in [2.75, 3.05) is 18.1 Å². The minimum absolute atomic E-state index is 0.0222. The summed E-state index contributed by atoms with van der Waals surface area (Å²) in [4.78, 5) is 29.3. The lowest BCUT2D eigenvalue weighted by Crippen LogP contribution is -2.52. The SMILES string of the molecule is CCN(C(=O)[C@H](C)N1C(=O)/C(=C\c2ccccc2)SC1=S)[C@H]1CCS(=O)(=O)C1. The summed E-state index contributed by atoms with van der Waals surface area (Å²) in [5.41, 5.74) is 0.883. The van der Waals surface area contributed by atoms with Gasteiger partial charge in [-0.1, -0.05) is 54.3 Å². The van der Waals surface area contributed by atoms with E-state index in [1.807, 2.05) is 37.3 Å². The molecule has 0 aliphatic carbocycles. The lowest BCUT2D eigenvalue weighted by Gasteiger charge is -2.32. The van der Waals surface area contributed by atoms with Crippen molar-refractivity contribution >= 4 is 56.0 Å². The number of nitrogens with zero attached hydrogens (tertiary/aromatic N) is 2. The Balaban J connectivity index is 1.78. The Kier molecular flexibility index (Phi) is 6.26. The highest BCUT2D eigenvalue weighted by atomic mass is 32.2. The van der Waals surface area contributed by atoms with Crippen molar-refractivity contribution in [3.05, 3.63) is 40.8 Å². The van der Waals surface area contributed by atoms with Gasteiger partial charge in [-0.15, -0.1) is 0 Å². The number of hydrogen-bond acceptors (Lipinski definition) is 6. The van der Waals surface area contributed by atoms with Crippen LogP contribution in [0, 0.1) is 0 Å². The van der Waals surface area contributed by atoms with Crippen LogP contribution in [0.4, 0.5) is 0 Å². The molecule has 0 N–H and O–H groups in total. The van der Waals surface area contributed by atoms with E-state index < -0.39 is 15.9 Å². The average molecular weight is 439 g/mol. The lowest BCUT2D eigenvalue weighted by atomic mass is 10.1. The number of carbonyl (C=O) groups excluding carboxylic acids is 2. The van der Waals surface area contributed by atoms with Crippen molar-refractivity contribution in [3.8, 4) is 0 Å². The third kappa shape index (κ3) is 4.31. The molecule has 2 fully saturated rings. The summed E-state index contributed by atoms with van der Waals surface area (Å²) in [6, 6.07) is 8.31. The first kappa shape index (κ1) is 21.0. The Morgan fingerprint density at radius 3 is 2.64 bits per heavy atom. The number of thiocarbonyl (C=S) groups is 1. The molecule has 1 aromatic carbocycles. The van der Waals surface area contributed by atoms with Crippen molar-refractivity contribution in [2.45, 2.75) is 32.4 Å². The molecule has 0 saturated carbocycles. The summed E-state index contributed by atoms with van der Waals surface area (Å²) in [6.07, 6.45) is 2.19. The smallest absolute Gasteiger partial charge is 0.266 e. The minimum atomic E-state index is -3.11. The van der Waals surface area contributed by atoms with E-state index in [9.17, 15) is 18.0 Å². The fourth-order valence-electron chi connectivity index (χ4n) is 3.48. The van der Waals surface area contributed by atoms with E-state index in [1.54, 1.807) is 17.9 Å². The second-order valence-electron chi connectivity index (χ2n) is 6.82. The first-order valence-corrected chi connectivity index (χ1v) is 12.1. The number of rotatable bonds is 5. The van der Waals surface area contributed by atoms with Crippen molar-refractivity contribution in [1.29, 1.82) is 0 Å². The topological polar surface area (TPSA) is 74.8 Å². The third-order valence-electron chi connectivity index (χ3n) is 4.94. The number of thioether (sulfide) groups is 1. The first-order chi connectivity index (χ1) is 13.2. The molecule has 2 saturated heterocycles. The Labute approximate surface area is 174 Å². The predicted octanol–water partition coefficient (Wildman–Crippen LogP) is 2.31. The fourth-order valence-corrected chi connectivity index (χ4v) is 6.63. The van der Waals surface area contributed by atoms with Crippen LogP contribution < -0.4 is 0 Å². The molecule has 6 nitrogen and oxygen atoms in total. The molecule has 2 atom stereocenters. The van der Waals surface area contributed by atoms with E-state index in [0.29, 0.717) is 22.2 Å². The van der Waals surface area contributed by atoms with E-state index in [2.05, 4.69) is 0 Å². The van der Waals surface area contributed by atoms with Gasteiger partial charge in [-0.05, 0) is 31.9 Å². The molecule has 150 valence electrons. The van der Waals surface area contributed by atoms with E-state index in [0.717, 1.165) is 5.56 Å². The largest absolute Gasteiger partial charge is 0.337 e. The van der Waals surface area contributed by atoms with Gasteiger partial charge in [0.25, 0.3) is 5.91 Å². The third-order valence-corrected chi connectivity index (χ3v) is 8.02. The van der Waals surface area contributed by atoms with Crippen LogP contribution in [-0.4, -0.2) is 64.5 Å². The second kappa shape index (κ2) is 8.34. The van der Waals surface area contributed by atoms with Crippen LogP contribution >= 0.6 is 24.0 Å².